The van der Waals surface area contributed by atoms with Crippen LogP contribution >= 0.6 is 10.2 Å². The lowest BCUT2D eigenvalue weighted by atomic mass is 10.1. The Morgan fingerprint density at radius 2 is 1.68 bits per heavy atom. The van der Waals surface area contributed by atoms with E-state index in [1.165, 1.54) is 4.68 Å². The highest BCUT2D eigenvalue weighted by Gasteiger charge is 2.65. The molecule has 2 aromatic carbocycles. The third kappa shape index (κ3) is 3.04. The lowest BCUT2D eigenvalue weighted by Gasteiger charge is -2.40. The van der Waals surface area contributed by atoms with Gasteiger partial charge in [-0.15, -0.1) is 0 Å². The van der Waals surface area contributed by atoms with Crippen LogP contribution in [0.3, 0.4) is 0 Å². The van der Waals surface area contributed by atoms with Crippen molar-refractivity contribution in [3.8, 4) is 11.8 Å². The molecule has 0 radical (unpaired) electrons. The molecule has 0 aliphatic rings. The molecule has 1 N–H and O–H groups in total. The van der Waals surface area contributed by atoms with Crippen LogP contribution in [0.2, 0.25) is 0 Å². The van der Waals surface area contributed by atoms with Gasteiger partial charge in [0.1, 0.15) is 11.0 Å². The summed E-state index contributed by atoms with van der Waals surface area (Å²) in [7, 11) is -9.75. The second kappa shape index (κ2) is 4.71. The smallest absolute Gasteiger partial charge is 0.310 e. The molecule has 3 aromatic rings. The predicted molar refractivity (Wildman–Crippen MR) is 83.1 cm³/mol. The van der Waals surface area contributed by atoms with Crippen LogP contribution in [0.15, 0.2) is 47.4 Å². The van der Waals surface area contributed by atoms with Gasteiger partial charge in [-0.05, 0) is 35.9 Å². The molecule has 25 heavy (non-hydrogen) atoms. The molecule has 0 bridgehead atoms. The van der Waals surface area contributed by atoms with Crippen LogP contribution in [0.1, 0.15) is 11.3 Å². The molecule has 0 aliphatic heterocycles. The molecule has 0 aliphatic carbocycles. The van der Waals surface area contributed by atoms with Crippen LogP contribution in [0, 0.1) is 11.3 Å². The highest BCUT2D eigenvalue weighted by molar-refractivity contribution is 8.45. The minimum absolute atomic E-state index is 0.0311. The zero-order valence-corrected chi connectivity index (χ0v) is 13.2. The zero-order chi connectivity index (χ0) is 18.5. The van der Waals surface area contributed by atoms with Gasteiger partial charge in [-0.2, -0.15) is 10.4 Å². The van der Waals surface area contributed by atoms with Crippen molar-refractivity contribution in [2.24, 2.45) is 0 Å². The second-order valence-corrected chi connectivity index (χ2v) is 7.71. The summed E-state index contributed by atoms with van der Waals surface area (Å²) in [5.41, 5.74) is 0.829. The van der Waals surface area contributed by atoms with E-state index in [2.05, 4.69) is 5.10 Å². The van der Waals surface area contributed by atoms with Crippen molar-refractivity contribution in [2.45, 2.75) is 11.5 Å². The fourth-order valence-corrected chi connectivity index (χ4v) is 3.14. The van der Waals surface area contributed by atoms with Gasteiger partial charge in [0.15, 0.2) is 5.69 Å². The minimum atomic E-state index is -9.75. The first-order valence-electron chi connectivity index (χ1n) is 6.81. The number of aromatic nitrogens is 2. The van der Waals surface area contributed by atoms with Crippen LogP contribution in [0.4, 0.5) is 19.4 Å². The summed E-state index contributed by atoms with van der Waals surface area (Å²) in [6.45, 7) is -0.360. The number of aliphatic hydroxyl groups is 1. The fraction of sp³-hybridized carbons (Fsp3) is 0.0667. The van der Waals surface area contributed by atoms with Crippen LogP contribution in [-0.4, -0.2) is 14.9 Å². The van der Waals surface area contributed by atoms with E-state index in [-0.39, 0.29) is 30.1 Å². The van der Waals surface area contributed by atoms with Crippen molar-refractivity contribution in [2.75, 3.05) is 0 Å². The standard InChI is InChI=1S/C15H10F5N3OS/c16-25(17,18,19,20)12-6-4-11(5-7-12)23-14-3-1-2-10(9-24)15(14)13(8-21)22-23/h1-7,24H,9H2. The Bertz CT molecular complexity index is 1020. The monoisotopic (exact) mass is 375 g/mol. The van der Waals surface area contributed by atoms with E-state index in [1.54, 1.807) is 18.2 Å². The lowest BCUT2D eigenvalue weighted by molar-refractivity contribution is 0.283. The molecule has 1 aromatic heterocycles. The Balaban J connectivity index is 2.21. The highest BCUT2D eigenvalue weighted by atomic mass is 32.5. The van der Waals surface area contributed by atoms with Gasteiger partial charge in [0, 0.05) is 5.39 Å². The number of fused-ring (bicyclic) bond motifs is 1. The molecular weight excluding hydrogens is 365 g/mol. The van der Waals surface area contributed by atoms with Crippen molar-refractivity contribution >= 4 is 21.1 Å². The lowest BCUT2D eigenvalue weighted by Crippen LogP contribution is -2.06. The Hall–Kier alpha value is -2.64. The van der Waals surface area contributed by atoms with Gasteiger partial charge in [-0.3, -0.25) is 0 Å². The first-order valence-corrected chi connectivity index (χ1v) is 8.76. The van der Waals surface area contributed by atoms with E-state index in [4.69, 9.17) is 0 Å². The number of aliphatic hydroxyl groups excluding tert-OH is 1. The SMILES string of the molecule is N#Cc1nn(-c2ccc(S(F)(F)(F)(F)F)cc2)c2cccc(CO)c12. The largest absolute Gasteiger partial charge is 0.392 e. The second-order valence-electron chi connectivity index (χ2n) is 5.30. The van der Waals surface area contributed by atoms with E-state index < -0.39 is 15.1 Å². The number of hydrogen-bond acceptors (Lipinski definition) is 3. The van der Waals surface area contributed by atoms with Crippen molar-refractivity contribution in [3.63, 3.8) is 0 Å². The van der Waals surface area contributed by atoms with Gasteiger partial charge in [-0.1, -0.05) is 31.6 Å². The van der Waals surface area contributed by atoms with Crippen molar-refractivity contribution in [1.29, 1.82) is 5.26 Å². The van der Waals surface area contributed by atoms with Gasteiger partial charge in [0.25, 0.3) is 0 Å². The van der Waals surface area contributed by atoms with Crippen LogP contribution in [0.5, 0.6) is 0 Å². The molecule has 132 valence electrons. The van der Waals surface area contributed by atoms with Crippen molar-refractivity contribution in [3.05, 3.63) is 53.7 Å². The summed E-state index contributed by atoms with van der Waals surface area (Å²) in [6.07, 6.45) is 0. The predicted octanol–water partition coefficient (Wildman–Crippen LogP) is 5.05. The van der Waals surface area contributed by atoms with Crippen LogP contribution in [0.25, 0.3) is 16.6 Å². The normalized spacial score (nSPS) is 14.8. The molecule has 0 atom stereocenters. The number of hydrogen-bond donors (Lipinski definition) is 1. The Morgan fingerprint density at radius 3 is 2.20 bits per heavy atom. The number of nitriles is 1. The summed E-state index contributed by atoms with van der Waals surface area (Å²) in [6, 6.07) is 8.83. The Morgan fingerprint density at radius 1 is 1.04 bits per heavy atom. The van der Waals surface area contributed by atoms with E-state index in [0.29, 0.717) is 16.5 Å². The van der Waals surface area contributed by atoms with E-state index in [9.17, 15) is 29.8 Å². The molecule has 10 heteroatoms. The first kappa shape index (κ1) is 17.2. The highest BCUT2D eigenvalue weighted by Crippen LogP contribution is 3.02. The maximum Gasteiger partial charge on any atom is 0.310 e. The molecule has 0 fully saturated rings. The molecule has 0 spiro atoms. The van der Waals surface area contributed by atoms with Crippen molar-refractivity contribution < 1.29 is 24.5 Å². The summed E-state index contributed by atoms with van der Waals surface area (Å²) in [4.78, 5) is -2.00. The third-order valence-electron chi connectivity index (χ3n) is 3.60. The van der Waals surface area contributed by atoms with E-state index in [1.807, 2.05) is 6.07 Å². The summed E-state index contributed by atoms with van der Waals surface area (Å²) in [5, 5.41) is 22.9. The maximum atomic E-state index is 12.8. The summed E-state index contributed by atoms with van der Waals surface area (Å²) >= 11 is 0. The van der Waals surface area contributed by atoms with Crippen molar-refractivity contribution in [1.82, 2.24) is 9.78 Å². The van der Waals surface area contributed by atoms with E-state index in [0.717, 1.165) is 12.1 Å². The van der Waals surface area contributed by atoms with Gasteiger partial charge < -0.3 is 5.11 Å². The molecule has 0 saturated carbocycles. The maximum absolute atomic E-state index is 12.8. The average molecular weight is 375 g/mol. The number of halogens is 5. The van der Waals surface area contributed by atoms with Gasteiger partial charge in [-0.25, -0.2) is 4.68 Å². The van der Waals surface area contributed by atoms with E-state index >= 15 is 0 Å². The zero-order valence-electron chi connectivity index (χ0n) is 12.3. The molecule has 1 heterocycles. The van der Waals surface area contributed by atoms with Crippen LogP contribution in [-0.2, 0) is 6.61 Å². The molecule has 4 nitrogen and oxygen atoms in total. The third-order valence-corrected chi connectivity index (χ3v) is 4.76. The minimum Gasteiger partial charge on any atom is -0.392 e. The van der Waals surface area contributed by atoms with Gasteiger partial charge >= 0.3 is 10.2 Å². The fourth-order valence-electron chi connectivity index (χ4n) is 2.49. The Labute approximate surface area is 138 Å². The van der Waals surface area contributed by atoms with Crippen LogP contribution < -0.4 is 0 Å². The molecular formula is C15H10F5N3OS. The average Bonchev–Trinajstić information content (AvgIpc) is 2.91. The van der Waals surface area contributed by atoms with Gasteiger partial charge in [0.2, 0.25) is 0 Å². The van der Waals surface area contributed by atoms with Gasteiger partial charge in [0.05, 0.1) is 17.8 Å². The topological polar surface area (TPSA) is 61.8 Å². The molecule has 0 saturated heterocycles. The number of benzene rings is 2. The Kier molecular flexibility index (Phi) is 3.24. The number of rotatable bonds is 3. The quantitative estimate of drug-likeness (QED) is 0.652. The summed E-state index contributed by atoms with van der Waals surface area (Å²) < 4.78 is 65.2. The molecule has 0 amide bonds. The molecule has 3 rings (SSSR count). The summed E-state index contributed by atoms with van der Waals surface area (Å²) in [5.74, 6) is 0. The number of nitrogens with zero attached hydrogens (tertiary/aromatic N) is 3. The molecule has 0 unspecified atom stereocenters. The first-order chi connectivity index (χ1) is 11.4.